The van der Waals surface area contributed by atoms with Crippen molar-refractivity contribution < 1.29 is 4.39 Å². The molecule has 2 nitrogen and oxygen atoms in total. The van der Waals surface area contributed by atoms with E-state index in [1.165, 1.54) is 12.1 Å². The molecule has 3 heteroatoms. The minimum atomic E-state index is -0.339. The molecule has 0 N–H and O–H groups in total. The van der Waals surface area contributed by atoms with Crippen molar-refractivity contribution >= 4 is 5.69 Å². The maximum atomic E-state index is 13.6. The van der Waals surface area contributed by atoms with Crippen molar-refractivity contribution in [3.8, 4) is 6.07 Å². The molecule has 0 aliphatic heterocycles. The Morgan fingerprint density at radius 1 is 1.21 bits per heavy atom. The molecule has 0 atom stereocenters. The van der Waals surface area contributed by atoms with Crippen LogP contribution < -0.4 is 4.90 Å². The first-order valence-electron chi connectivity index (χ1n) is 6.99. The van der Waals surface area contributed by atoms with Crippen molar-refractivity contribution in [1.82, 2.24) is 0 Å². The maximum Gasteiger partial charge on any atom is 0.126 e. The number of hydrogen-bond acceptors (Lipinski definition) is 2. The molecule has 0 heterocycles. The standard InChI is InChI=1S/C16H23FN2/c1-5-15(6-2)19(11-12(3)4)16-8-13(10-18)7-14(17)9-16/h7-9,12,15H,5-6,11H2,1-4H3. The number of hydrogen-bond donors (Lipinski definition) is 0. The van der Waals surface area contributed by atoms with E-state index in [-0.39, 0.29) is 5.82 Å². The van der Waals surface area contributed by atoms with Gasteiger partial charge in [0.2, 0.25) is 0 Å². The maximum absolute atomic E-state index is 13.6. The highest BCUT2D eigenvalue weighted by Gasteiger charge is 2.18. The van der Waals surface area contributed by atoms with E-state index >= 15 is 0 Å². The van der Waals surface area contributed by atoms with E-state index in [0.29, 0.717) is 17.5 Å². The van der Waals surface area contributed by atoms with Crippen molar-refractivity contribution in [2.45, 2.75) is 46.6 Å². The van der Waals surface area contributed by atoms with Crippen molar-refractivity contribution in [3.63, 3.8) is 0 Å². The van der Waals surface area contributed by atoms with Gasteiger partial charge in [0.1, 0.15) is 5.82 Å². The van der Waals surface area contributed by atoms with Crippen LogP contribution in [0.2, 0.25) is 0 Å². The molecule has 1 rings (SSSR count). The minimum absolute atomic E-state index is 0.339. The Hall–Kier alpha value is -1.56. The molecule has 0 spiro atoms. The Bertz CT molecular complexity index is 445. The van der Waals surface area contributed by atoms with Gasteiger partial charge in [0.05, 0.1) is 11.6 Å². The average Bonchev–Trinajstić information content (AvgIpc) is 2.37. The third-order valence-corrected chi connectivity index (χ3v) is 3.29. The zero-order valence-corrected chi connectivity index (χ0v) is 12.3. The highest BCUT2D eigenvalue weighted by Crippen LogP contribution is 2.24. The van der Waals surface area contributed by atoms with E-state index in [9.17, 15) is 4.39 Å². The fraction of sp³-hybridized carbons (Fsp3) is 0.562. The minimum Gasteiger partial charge on any atom is -0.368 e. The smallest absolute Gasteiger partial charge is 0.126 e. The predicted octanol–water partition coefficient (Wildman–Crippen LogP) is 4.35. The summed E-state index contributed by atoms with van der Waals surface area (Å²) in [4.78, 5) is 2.23. The number of halogens is 1. The summed E-state index contributed by atoms with van der Waals surface area (Å²) in [6.07, 6.45) is 2.03. The Labute approximate surface area is 115 Å². The van der Waals surface area contributed by atoms with E-state index in [1.54, 1.807) is 6.07 Å². The zero-order chi connectivity index (χ0) is 14.4. The zero-order valence-electron chi connectivity index (χ0n) is 12.3. The highest BCUT2D eigenvalue weighted by molar-refractivity contribution is 5.52. The van der Waals surface area contributed by atoms with Crippen LogP contribution in [-0.2, 0) is 0 Å². The topological polar surface area (TPSA) is 27.0 Å². The monoisotopic (exact) mass is 262 g/mol. The SMILES string of the molecule is CCC(CC)N(CC(C)C)c1cc(F)cc(C#N)c1. The van der Waals surface area contributed by atoms with E-state index in [1.807, 2.05) is 6.07 Å². The first-order valence-corrected chi connectivity index (χ1v) is 6.99. The van der Waals surface area contributed by atoms with Gasteiger partial charge in [-0.1, -0.05) is 27.7 Å². The summed E-state index contributed by atoms with van der Waals surface area (Å²) in [5.74, 6) is 0.156. The molecule has 0 aromatic heterocycles. The Morgan fingerprint density at radius 2 is 1.84 bits per heavy atom. The van der Waals surface area contributed by atoms with Gasteiger partial charge in [0.25, 0.3) is 0 Å². The summed E-state index contributed by atoms with van der Waals surface area (Å²) in [6, 6.07) is 7.00. The van der Waals surface area contributed by atoms with Gasteiger partial charge in [0, 0.05) is 18.3 Å². The van der Waals surface area contributed by atoms with Crippen molar-refractivity contribution in [2.75, 3.05) is 11.4 Å². The third kappa shape index (κ3) is 4.24. The average molecular weight is 262 g/mol. The fourth-order valence-corrected chi connectivity index (χ4v) is 2.39. The molecule has 0 fully saturated rings. The molecule has 1 aromatic rings. The lowest BCUT2D eigenvalue weighted by Gasteiger charge is -2.34. The molecule has 0 aliphatic carbocycles. The second-order valence-electron chi connectivity index (χ2n) is 5.33. The number of nitrogens with zero attached hydrogens (tertiary/aromatic N) is 2. The molecule has 104 valence electrons. The summed E-state index contributed by atoms with van der Waals surface area (Å²) >= 11 is 0. The Kier molecular flexibility index (Phi) is 5.82. The second kappa shape index (κ2) is 7.13. The van der Waals surface area contributed by atoms with Crippen molar-refractivity contribution in [1.29, 1.82) is 5.26 Å². The lowest BCUT2D eigenvalue weighted by atomic mass is 10.1. The van der Waals surface area contributed by atoms with Gasteiger partial charge in [-0.15, -0.1) is 0 Å². The molecule has 0 radical (unpaired) electrons. The van der Waals surface area contributed by atoms with Crippen molar-refractivity contribution in [2.24, 2.45) is 5.92 Å². The van der Waals surface area contributed by atoms with E-state index in [2.05, 4.69) is 32.6 Å². The van der Waals surface area contributed by atoms with Gasteiger partial charge in [-0.05, 0) is 37.0 Å². The van der Waals surface area contributed by atoms with Crippen LogP contribution in [0.25, 0.3) is 0 Å². The van der Waals surface area contributed by atoms with E-state index in [0.717, 1.165) is 25.1 Å². The lowest BCUT2D eigenvalue weighted by Crippen LogP contribution is -2.37. The van der Waals surface area contributed by atoms with Crippen LogP contribution in [0, 0.1) is 23.1 Å². The van der Waals surface area contributed by atoms with E-state index in [4.69, 9.17) is 5.26 Å². The van der Waals surface area contributed by atoms with Gasteiger partial charge in [-0.2, -0.15) is 5.26 Å². The predicted molar refractivity (Wildman–Crippen MR) is 77.7 cm³/mol. The molecule has 1 aromatic carbocycles. The second-order valence-corrected chi connectivity index (χ2v) is 5.33. The van der Waals surface area contributed by atoms with Crippen LogP contribution in [0.3, 0.4) is 0 Å². The highest BCUT2D eigenvalue weighted by atomic mass is 19.1. The van der Waals surface area contributed by atoms with Crippen LogP contribution in [0.15, 0.2) is 18.2 Å². The molecule has 0 aliphatic rings. The first kappa shape index (κ1) is 15.5. The van der Waals surface area contributed by atoms with Crippen LogP contribution in [0.1, 0.15) is 46.1 Å². The summed E-state index contributed by atoms with van der Waals surface area (Å²) in [5, 5.41) is 8.97. The molecule has 0 bridgehead atoms. The Morgan fingerprint density at radius 3 is 2.32 bits per heavy atom. The molecule has 0 saturated carbocycles. The molecule has 19 heavy (non-hydrogen) atoms. The molecular weight excluding hydrogens is 239 g/mol. The summed E-state index contributed by atoms with van der Waals surface area (Å²) in [7, 11) is 0. The van der Waals surface area contributed by atoms with Crippen LogP contribution in [0.5, 0.6) is 0 Å². The quantitative estimate of drug-likeness (QED) is 0.762. The summed E-state index contributed by atoms with van der Waals surface area (Å²) in [5.41, 5.74) is 1.20. The van der Waals surface area contributed by atoms with Gasteiger partial charge in [0.15, 0.2) is 0 Å². The molecule has 0 saturated heterocycles. The van der Waals surface area contributed by atoms with Crippen LogP contribution >= 0.6 is 0 Å². The fourth-order valence-electron chi connectivity index (χ4n) is 2.39. The van der Waals surface area contributed by atoms with Gasteiger partial charge in [-0.25, -0.2) is 4.39 Å². The van der Waals surface area contributed by atoms with Gasteiger partial charge >= 0.3 is 0 Å². The molecule has 0 amide bonds. The number of anilines is 1. The van der Waals surface area contributed by atoms with Gasteiger partial charge < -0.3 is 4.90 Å². The number of nitriles is 1. The summed E-state index contributed by atoms with van der Waals surface area (Å²) in [6.45, 7) is 9.47. The van der Waals surface area contributed by atoms with E-state index < -0.39 is 0 Å². The van der Waals surface area contributed by atoms with Gasteiger partial charge in [-0.3, -0.25) is 0 Å². The lowest BCUT2D eigenvalue weighted by molar-refractivity contribution is 0.506. The summed E-state index contributed by atoms with van der Waals surface area (Å²) < 4.78 is 13.6. The first-order chi connectivity index (χ1) is 9.01. The molecule has 0 unspecified atom stereocenters. The largest absolute Gasteiger partial charge is 0.368 e. The number of benzene rings is 1. The van der Waals surface area contributed by atoms with Crippen LogP contribution in [0.4, 0.5) is 10.1 Å². The third-order valence-electron chi connectivity index (χ3n) is 3.29. The van der Waals surface area contributed by atoms with Crippen molar-refractivity contribution in [3.05, 3.63) is 29.6 Å². The normalized spacial score (nSPS) is 10.8. The number of rotatable bonds is 6. The van der Waals surface area contributed by atoms with Crippen LogP contribution in [-0.4, -0.2) is 12.6 Å². The Balaban J connectivity index is 3.16. The molecular formula is C16H23FN2.